The maximum absolute atomic E-state index is 12.2. The Hall–Kier alpha value is -2.06. The van der Waals surface area contributed by atoms with Crippen LogP contribution in [0.4, 0.5) is 0 Å². The van der Waals surface area contributed by atoms with Gasteiger partial charge in [-0.1, -0.05) is 28.9 Å². The molecule has 28 heavy (non-hydrogen) atoms. The molecular weight excluding hydrogens is 492 g/mol. The van der Waals surface area contributed by atoms with Crippen LogP contribution in [0.5, 0.6) is 11.5 Å². The molecule has 6 nitrogen and oxygen atoms in total. The van der Waals surface area contributed by atoms with E-state index >= 15 is 0 Å². The molecule has 0 aromatic heterocycles. The molecule has 0 fully saturated rings. The van der Waals surface area contributed by atoms with Gasteiger partial charge in [0, 0.05) is 10.0 Å². The van der Waals surface area contributed by atoms with Crippen LogP contribution in [0.3, 0.4) is 0 Å². The molecule has 2 rings (SSSR count). The number of carbonyl (C=O) groups excluding carboxylic acids is 2. The Labute approximate surface area is 181 Å². The van der Waals surface area contributed by atoms with Gasteiger partial charge in [-0.15, -0.1) is 0 Å². The Morgan fingerprint density at radius 1 is 1.14 bits per heavy atom. The first-order valence-electron chi connectivity index (χ1n) is 8.74. The number of hydrogen-bond acceptors (Lipinski definition) is 4. The summed E-state index contributed by atoms with van der Waals surface area (Å²) in [4.78, 5) is 24.2. The van der Waals surface area contributed by atoms with Crippen molar-refractivity contribution < 1.29 is 19.1 Å². The number of aryl methyl sites for hydroxylation is 1. The monoisotopic (exact) mass is 512 g/mol. The standard InChI is InChI=1S/C20H22Br2N2O4/c1-4-13(3)28-16-7-5-6-14(9-16)20(26)24-23-18(25)11-27-19-12(2)8-15(21)10-17(19)22/h5-10,13H,4,11H2,1-3H3,(H,23,25)(H,24,26). The van der Waals surface area contributed by atoms with Crippen molar-refractivity contribution in [2.75, 3.05) is 6.61 Å². The lowest BCUT2D eigenvalue weighted by molar-refractivity contribution is -0.123. The summed E-state index contributed by atoms with van der Waals surface area (Å²) in [5.74, 6) is 0.255. The summed E-state index contributed by atoms with van der Waals surface area (Å²) in [5.41, 5.74) is 5.97. The quantitative estimate of drug-likeness (QED) is 0.533. The Morgan fingerprint density at radius 3 is 2.57 bits per heavy atom. The van der Waals surface area contributed by atoms with Crippen LogP contribution in [0.25, 0.3) is 0 Å². The van der Waals surface area contributed by atoms with Crippen LogP contribution in [0.15, 0.2) is 45.3 Å². The minimum atomic E-state index is -0.477. The second-order valence-corrected chi connectivity index (χ2v) is 7.96. The Morgan fingerprint density at radius 2 is 1.89 bits per heavy atom. The molecule has 0 aliphatic carbocycles. The van der Waals surface area contributed by atoms with Gasteiger partial charge < -0.3 is 9.47 Å². The average molecular weight is 514 g/mol. The van der Waals surface area contributed by atoms with Crippen LogP contribution in [0.2, 0.25) is 0 Å². The number of hydrogen-bond donors (Lipinski definition) is 2. The van der Waals surface area contributed by atoms with E-state index in [-0.39, 0.29) is 12.7 Å². The molecule has 1 atom stereocenters. The van der Waals surface area contributed by atoms with Gasteiger partial charge in [0.25, 0.3) is 11.8 Å². The van der Waals surface area contributed by atoms with E-state index in [1.807, 2.05) is 32.9 Å². The highest BCUT2D eigenvalue weighted by Gasteiger charge is 2.12. The number of rotatable bonds is 7. The molecule has 2 aromatic carbocycles. The van der Waals surface area contributed by atoms with E-state index in [2.05, 4.69) is 42.7 Å². The first-order chi connectivity index (χ1) is 13.3. The summed E-state index contributed by atoms with van der Waals surface area (Å²) in [7, 11) is 0. The summed E-state index contributed by atoms with van der Waals surface area (Å²) < 4.78 is 12.9. The highest BCUT2D eigenvalue weighted by atomic mass is 79.9. The number of amides is 2. The molecule has 2 N–H and O–H groups in total. The minimum absolute atomic E-state index is 0.0524. The van der Waals surface area contributed by atoms with Crippen LogP contribution >= 0.6 is 31.9 Å². The Kier molecular flexibility index (Phi) is 8.32. The number of carbonyl (C=O) groups is 2. The van der Waals surface area contributed by atoms with Crippen LogP contribution in [-0.4, -0.2) is 24.5 Å². The molecule has 2 aromatic rings. The smallest absolute Gasteiger partial charge is 0.276 e. The van der Waals surface area contributed by atoms with Gasteiger partial charge >= 0.3 is 0 Å². The zero-order valence-corrected chi connectivity index (χ0v) is 19.0. The van der Waals surface area contributed by atoms with Crippen LogP contribution in [0, 0.1) is 6.92 Å². The molecule has 0 spiro atoms. The summed E-state index contributed by atoms with van der Waals surface area (Å²) in [5, 5.41) is 0. The lowest BCUT2D eigenvalue weighted by Gasteiger charge is -2.14. The molecule has 0 radical (unpaired) electrons. The van der Waals surface area contributed by atoms with Gasteiger partial charge in [0.1, 0.15) is 11.5 Å². The van der Waals surface area contributed by atoms with Crippen molar-refractivity contribution in [2.24, 2.45) is 0 Å². The number of ether oxygens (including phenoxy) is 2. The summed E-state index contributed by atoms with van der Waals surface area (Å²) in [6.45, 7) is 5.61. The third kappa shape index (κ3) is 6.53. The predicted molar refractivity (Wildman–Crippen MR) is 115 cm³/mol. The second kappa shape index (κ2) is 10.5. The first-order valence-corrected chi connectivity index (χ1v) is 10.3. The van der Waals surface area contributed by atoms with E-state index in [0.29, 0.717) is 17.1 Å². The van der Waals surface area contributed by atoms with Crippen molar-refractivity contribution in [1.82, 2.24) is 10.9 Å². The van der Waals surface area contributed by atoms with E-state index < -0.39 is 11.8 Å². The summed E-state index contributed by atoms with van der Waals surface area (Å²) >= 11 is 6.79. The highest BCUT2D eigenvalue weighted by molar-refractivity contribution is 9.11. The van der Waals surface area contributed by atoms with E-state index in [1.165, 1.54) is 0 Å². The van der Waals surface area contributed by atoms with Gasteiger partial charge in [-0.25, -0.2) is 0 Å². The molecule has 1 unspecified atom stereocenters. The maximum Gasteiger partial charge on any atom is 0.276 e. The Balaban J connectivity index is 1.87. The molecule has 0 heterocycles. The molecule has 0 saturated heterocycles. The SMILES string of the molecule is CCC(C)Oc1cccc(C(=O)NNC(=O)COc2c(C)cc(Br)cc2Br)c1. The normalized spacial score (nSPS) is 11.5. The minimum Gasteiger partial charge on any atom is -0.491 e. The number of benzene rings is 2. The highest BCUT2D eigenvalue weighted by Crippen LogP contribution is 2.32. The maximum atomic E-state index is 12.2. The predicted octanol–water partition coefficient (Wildman–Crippen LogP) is 4.54. The molecule has 0 aliphatic rings. The molecule has 150 valence electrons. The van der Waals surface area contributed by atoms with E-state index in [1.54, 1.807) is 24.3 Å². The fourth-order valence-electron chi connectivity index (χ4n) is 2.27. The number of halogens is 2. The van der Waals surface area contributed by atoms with Gasteiger partial charge in [-0.2, -0.15) is 0 Å². The zero-order valence-electron chi connectivity index (χ0n) is 15.8. The summed E-state index contributed by atoms with van der Waals surface area (Å²) in [6.07, 6.45) is 0.914. The molecule has 2 amide bonds. The lowest BCUT2D eigenvalue weighted by atomic mass is 10.2. The summed E-state index contributed by atoms with van der Waals surface area (Å²) in [6, 6.07) is 10.5. The van der Waals surface area contributed by atoms with Crippen molar-refractivity contribution in [2.45, 2.75) is 33.3 Å². The molecule has 8 heteroatoms. The van der Waals surface area contributed by atoms with Crippen LogP contribution < -0.4 is 20.3 Å². The van der Waals surface area contributed by atoms with Crippen molar-refractivity contribution in [3.8, 4) is 11.5 Å². The van der Waals surface area contributed by atoms with Crippen molar-refractivity contribution in [1.29, 1.82) is 0 Å². The molecular formula is C20H22Br2N2O4. The molecule has 0 aliphatic heterocycles. The van der Waals surface area contributed by atoms with Gasteiger partial charge in [0.2, 0.25) is 0 Å². The third-order valence-corrected chi connectivity index (χ3v) is 4.91. The van der Waals surface area contributed by atoms with Gasteiger partial charge in [0.15, 0.2) is 6.61 Å². The average Bonchev–Trinajstić information content (AvgIpc) is 2.65. The molecule has 0 bridgehead atoms. The van der Waals surface area contributed by atoms with E-state index in [9.17, 15) is 9.59 Å². The fraction of sp³-hybridized carbons (Fsp3) is 0.300. The number of hydrazine groups is 1. The third-order valence-electron chi connectivity index (χ3n) is 3.87. The largest absolute Gasteiger partial charge is 0.491 e. The first kappa shape index (κ1) is 22.2. The van der Waals surface area contributed by atoms with Gasteiger partial charge in [-0.3, -0.25) is 20.4 Å². The molecule has 0 saturated carbocycles. The number of nitrogens with one attached hydrogen (secondary N) is 2. The fourth-order valence-corrected chi connectivity index (χ4v) is 3.82. The van der Waals surface area contributed by atoms with E-state index in [0.717, 1.165) is 20.9 Å². The van der Waals surface area contributed by atoms with Crippen molar-refractivity contribution in [3.63, 3.8) is 0 Å². The van der Waals surface area contributed by atoms with Crippen molar-refractivity contribution >= 4 is 43.7 Å². The zero-order chi connectivity index (χ0) is 20.7. The van der Waals surface area contributed by atoms with Gasteiger partial charge in [0.05, 0.1) is 10.6 Å². The van der Waals surface area contributed by atoms with E-state index in [4.69, 9.17) is 9.47 Å². The second-order valence-electron chi connectivity index (χ2n) is 6.19. The lowest BCUT2D eigenvalue weighted by Crippen LogP contribution is -2.43. The van der Waals surface area contributed by atoms with Crippen LogP contribution in [-0.2, 0) is 4.79 Å². The van der Waals surface area contributed by atoms with Gasteiger partial charge in [-0.05, 0) is 72.1 Å². The topological polar surface area (TPSA) is 76.7 Å². The Bertz CT molecular complexity index is 835. The van der Waals surface area contributed by atoms with Crippen LogP contribution in [0.1, 0.15) is 36.2 Å². The van der Waals surface area contributed by atoms with Crippen molar-refractivity contribution in [3.05, 3.63) is 56.5 Å².